The number of para-hydroxylation sites is 1. The van der Waals surface area contributed by atoms with E-state index >= 15 is 0 Å². The third-order valence-electron chi connectivity index (χ3n) is 5.30. The van der Waals surface area contributed by atoms with Gasteiger partial charge in [-0.15, -0.1) is 0 Å². The molecule has 1 saturated heterocycles. The van der Waals surface area contributed by atoms with Crippen LogP contribution in [0, 0.1) is 0 Å². The maximum absolute atomic E-state index is 12.9. The number of sulfonamides is 1. The first-order chi connectivity index (χ1) is 15.2. The van der Waals surface area contributed by atoms with Crippen molar-refractivity contribution < 1.29 is 13.2 Å². The molecule has 0 spiro atoms. The normalized spacial score (nSPS) is 15.2. The molecule has 9 nitrogen and oxygen atoms in total. The number of aromatic amines is 1. The van der Waals surface area contributed by atoms with Gasteiger partial charge in [-0.05, 0) is 30.3 Å². The van der Waals surface area contributed by atoms with Gasteiger partial charge >= 0.3 is 5.69 Å². The standard InChI is InChI=1S/C20H18Cl2N4O5S/c21-15-6-5-13(11-16(15)22)32(30,31)25-9-7-24(8-10-25)18(27)12-26-19(28)14-3-1-2-4-17(14)23-20(26)29/h1-6,11H,7-10,12H2,(H,23,29). The van der Waals surface area contributed by atoms with Crippen LogP contribution in [0.2, 0.25) is 10.0 Å². The molecular weight excluding hydrogens is 479 g/mol. The number of halogens is 2. The van der Waals surface area contributed by atoms with Gasteiger partial charge < -0.3 is 9.88 Å². The summed E-state index contributed by atoms with van der Waals surface area (Å²) < 4.78 is 27.8. The van der Waals surface area contributed by atoms with Crippen molar-refractivity contribution in [2.45, 2.75) is 11.4 Å². The summed E-state index contributed by atoms with van der Waals surface area (Å²) in [7, 11) is -3.80. The smallest absolute Gasteiger partial charge is 0.329 e. The highest BCUT2D eigenvalue weighted by Crippen LogP contribution is 2.27. The van der Waals surface area contributed by atoms with E-state index in [2.05, 4.69) is 4.98 Å². The number of hydrogen-bond donors (Lipinski definition) is 1. The van der Waals surface area contributed by atoms with Gasteiger partial charge in [0.25, 0.3) is 5.56 Å². The molecule has 168 valence electrons. The van der Waals surface area contributed by atoms with Gasteiger partial charge in [-0.3, -0.25) is 14.2 Å². The maximum Gasteiger partial charge on any atom is 0.329 e. The molecule has 1 aromatic heterocycles. The molecule has 4 rings (SSSR count). The molecule has 0 atom stereocenters. The highest BCUT2D eigenvalue weighted by molar-refractivity contribution is 7.89. The number of hydrogen-bond acceptors (Lipinski definition) is 5. The molecule has 1 amide bonds. The lowest BCUT2D eigenvalue weighted by molar-refractivity contribution is -0.133. The van der Waals surface area contributed by atoms with Gasteiger partial charge in [-0.2, -0.15) is 4.31 Å². The largest absolute Gasteiger partial charge is 0.338 e. The van der Waals surface area contributed by atoms with Gasteiger partial charge in [-0.25, -0.2) is 13.2 Å². The van der Waals surface area contributed by atoms with Crippen molar-refractivity contribution in [1.82, 2.24) is 18.8 Å². The third kappa shape index (κ3) is 4.18. The van der Waals surface area contributed by atoms with E-state index < -0.39 is 33.7 Å². The summed E-state index contributed by atoms with van der Waals surface area (Å²) in [6.07, 6.45) is 0. The number of amides is 1. The molecule has 0 radical (unpaired) electrons. The van der Waals surface area contributed by atoms with E-state index in [1.165, 1.54) is 27.4 Å². The van der Waals surface area contributed by atoms with Crippen LogP contribution in [0.4, 0.5) is 0 Å². The lowest BCUT2D eigenvalue weighted by atomic mass is 10.2. The summed E-state index contributed by atoms with van der Waals surface area (Å²) in [4.78, 5) is 41.7. The third-order valence-corrected chi connectivity index (χ3v) is 7.94. The zero-order valence-electron chi connectivity index (χ0n) is 16.6. The number of nitrogens with one attached hydrogen (secondary N) is 1. The molecule has 12 heteroatoms. The Bertz CT molecular complexity index is 1430. The molecule has 2 aromatic carbocycles. The van der Waals surface area contributed by atoms with Crippen molar-refractivity contribution in [1.29, 1.82) is 0 Å². The van der Waals surface area contributed by atoms with E-state index in [9.17, 15) is 22.8 Å². The average Bonchev–Trinajstić information content (AvgIpc) is 2.78. The van der Waals surface area contributed by atoms with Crippen molar-refractivity contribution >= 4 is 50.0 Å². The second kappa shape index (κ2) is 8.70. The van der Waals surface area contributed by atoms with Crippen molar-refractivity contribution in [2.24, 2.45) is 0 Å². The average molecular weight is 497 g/mol. The van der Waals surface area contributed by atoms with Gasteiger partial charge in [0.05, 0.1) is 25.8 Å². The van der Waals surface area contributed by atoms with Crippen molar-refractivity contribution in [3.05, 3.63) is 73.3 Å². The van der Waals surface area contributed by atoms with E-state index in [1.807, 2.05) is 0 Å². The minimum absolute atomic E-state index is 0.0147. The molecule has 2 heterocycles. The lowest BCUT2D eigenvalue weighted by Gasteiger charge is -2.34. The molecule has 32 heavy (non-hydrogen) atoms. The molecular formula is C20H18Cl2N4O5S. The van der Waals surface area contributed by atoms with Crippen LogP contribution >= 0.6 is 23.2 Å². The van der Waals surface area contributed by atoms with E-state index in [0.717, 1.165) is 4.57 Å². The number of fused-ring (bicyclic) bond motifs is 1. The van der Waals surface area contributed by atoms with Crippen LogP contribution in [0.5, 0.6) is 0 Å². The molecule has 0 aliphatic carbocycles. The van der Waals surface area contributed by atoms with E-state index in [1.54, 1.807) is 24.3 Å². The zero-order valence-corrected chi connectivity index (χ0v) is 19.0. The minimum atomic E-state index is -3.80. The molecule has 0 bridgehead atoms. The van der Waals surface area contributed by atoms with Gasteiger partial charge in [0.1, 0.15) is 6.54 Å². The molecule has 1 aliphatic rings. The highest BCUT2D eigenvalue weighted by atomic mass is 35.5. The monoisotopic (exact) mass is 496 g/mol. The quantitative estimate of drug-likeness (QED) is 0.588. The number of benzene rings is 2. The first-order valence-corrected chi connectivity index (χ1v) is 11.8. The molecule has 0 saturated carbocycles. The fourth-order valence-electron chi connectivity index (χ4n) is 3.54. The van der Waals surface area contributed by atoms with Crippen molar-refractivity contribution in [2.75, 3.05) is 26.2 Å². The van der Waals surface area contributed by atoms with Crippen LogP contribution in [0.3, 0.4) is 0 Å². The van der Waals surface area contributed by atoms with Crippen LogP contribution in [0.25, 0.3) is 10.9 Å². The fraction of sp³-hybridized carbons (Fsp3) is 0.250. The highest BCUT2D eigenvalue weighted by Gasteiger charge is 2.30. The van der Waals surface area contributed by atoms with Gasteiger partial charge in [0.15, 0.2) is 0 Å². The molecule has 1 fully saturated rings. The topological polar surface area (TPSA) is 113 Å². The van der Waals surface area contributed by atoms with E-state index in [4.69, 9.17) is 23.2 Å². The second-order valence-corrected chi connectivity index (χ2v) is 9.98. The number of rotatable bonds is 4. The Kier molecular flexibility index (Phi) is 6.13. The first kappa shape index (κ1) is 22.5. The fourth-order valence-corrected chi connectivity index (χ4v) is 5.35. The van der Waals surface area contributed by atoms with Crippen LogP contribution in [-0.2, 0) is 21.4 Å². The Hall–Kier alpha value is -2.66. The summed E-state index contributed by atoms with van der Waals surface area (Å²) in [5.74, 6) is -0.445. The molecule has 0 unspecified atom stereocenters. The Labute approximate surface area is 192 Å². The Morgan fingerprint density at radius 2 is 1.66 bits per heavy atom. The van der Waals surface area contributed by atoms with Gasteiger partial charge in [0.2, 0.25) is 15.9 Å². The molecule has 3 aromatic rings. The molecule has 1 N–H and O–H groups in total. The number of H-pyrrole nitrogens is 1. The minimum Gasteiger partial charge on any atom is -0.338 e. The molecule has 1 aliphatic heterocycles. The van der Waals surface area contributed by atoms with Gasteiger partial charge in [-0.1, -0.05) is 35.3 Å². The predicted octanol–water partition coefficient (Wildman–Crippen LogP) is 1.53. The number of carbonyl (C=O) groups excluding carboxylic acids is 1. The van der Waals surface area contributed by atoms with Gasteiger partial charge in [0, 0.05) is 26.2 Å². The Morgan fingerprint density at radius 1 is 0.969 bits per heavy atom. The predicted molar refractivity (Wildman–Crippen MR) is 121 cm³/mol. The number of piperazine rings is 1. The number of aromatic nitrogens is 2. The zero-order chi connectivity index (χ0) is 23.0. The van der Waals surface area contributed by atoms with Crippen LogP contribution < -0.4 is 11.2 Å². The summed E-state index contributed by atoms with van der Waals surface area (Å²) >= 11 is 11.8. The van der Waals surface area contributed by atoms with Crippen LogP contribution in [0.15, 0.2) is 56.9 Å². The summed E-state index contributed by atoms with van der Waals surface area (Å²) in [5.41, 5.74) is -0.839. The number of nitrogens with zero attached hydrogens (tertiary/aromatic N) is 3. The van der Waals surface area contributed by atoms with Crippen molar-refractivity contribution in [3.8, 4) is 0 Å². The second-order valence-electron chi connectivity index (χ2n) is 7.23. The maximum atomic E-state index is 12.9. The van der Waals surface area contributed by atoms with Crippen LogP contribution in [0.1, 0.15) is 0 Å². The number of carbonyl (C=O) groups is 1. The van der Waals surface area contributed by atoms with E-state index in [-0.39, 0.29) is 41.1 Å². The lowest BCUT2D eigenvalue weighted by Crippen LogP contribution is -2.52. The Morgan fingerprint density at radius 3 is 2.34 bits per heavy atom. The first-order valence-electron chi connectivity index (χ1n) is 9.63. The van der Waals surface area contributed by atoms with E-state index in [0.29, 0.717) is 10.9 Å². The van der Waals surface area contributed by atoms with Crippen LogP contribution in [-0.4, -0.2) is 59.3 Å². The summed E-state index contributed by atoms with van der Waals surface area (Å²) in [6.45, 7) is -0.0492. The van der Waals surface area contributed by atoms with Crippen molar-refractivity contribution in [3.63, 3.8) is 0 Å². The summed E-state index contributed by atoms with van der Waals surface area (Å²) in [5, 5.41) is 0.685. The SMILES string of the molecule is O=C(Cn1c(=O)[nH]c2ccccc2c1=O)N1CCN(S(=O)(=O)c2ccc(Cl)c(Cl)c2)CC1. The summed E-state index contributed by atoms with van der Waals surface area (Å²) in [6, 6.07) is 10.6. The Balaban J connectivity index is 1.47.